The molecule has 17 heavy (non-hydrogen) atoms. The van der Waals surface area contributed by atoms with Crippen LogP contribution in [0.2, 0.25) is 0 Å². The molecule has 2 nitrogen and oxygen atoms in total. The van der Waals surface area contributed by atoms with E-state index in [0.717, 1.165) is 17.8 Å². The van der Waals surface area contributed by atoms with E-state index in [4.69, 9.17) is 4.74 Å². The number of ether oxygens (including phenoxy) is 1. The Labute approximate surface area is 105 Å². The first kappa shape index (κ1) is 12.0. The predicted molar refractivity (Wildman–Crippen MR) is 70.0 cm³/mol. The lowest BCUT2D eigenvalue weighted by molar-refractivity contribution is 0.0396. The summed E-state index contributed by atoms with van der Waals surface area (Å²) in [5.41, 5.74) is 0. The van der Waals surface area contributed by atoms with Crippen LogP contribution in [0.3, 0.4) is 0 Å². The van der Waals surface area contributed by atoms with Crippen LogP contribution in [0.25, 0.3) is 0 Å². The van der Waals surface area contributed by atoms with Gasteiger partial charge in [-0.2, -0.15) is 0 Å². The van der Waals surface area contributed by atoms with Gasteiger partial charge in [-0.25, -0.2) is 0 Å². The van der Waals surface area contributed by atoms with Gasteiger partial charge in [-0.3, -0.25) is 0 Å². The summed E-state index contributed by atoms with van der Waals surface area (Å²) in [6.07, 6.45) is 11.8. The van der Waals surface area contributed by atoms with Crippen molar-refractivity contribution in [2.24, 2.45) is 17.8 Å². The molecule has 5 unspecified atom stereocenters. The molecule has 0 saturated heterocycles. The third-order valence-electron chi connectivity index (χ3n) is 5.53. The SMILES string of the molecule is COC1CCCCC1NCC1CC2CCC1C2. The van der Waals surface area contributed by atoms with E-state index in [1.807, 2.05) is 7.11 Å². The molecule has 5 atom stereocenters. The summed E-state index contributed by atoms with van der Waals surface area (Å²) in [5, 5.41) is 3.82. The first-order chi connectivity index (χ1) is 8.36. The summed E-state index contributed by atoms with van der Waals surface area (Å²) in [6, 6.07) is 0.632. The third kappa shape index (κ3) is 2.53. The monoisotopic (exact) mass is 237 g/mol. The zero-order valence-corrected chi connectivity index (χ0v) is 11.2. The minimum atomic E-state index is 0.474. The molecule has 98 valence electrons. The quantitative estimate of drug-likeness (QED) is 0.811. The lowest BCUT2D eigenvalue weighted by Gasteiger charge is -2.33. The average Bonchev–Trinajstić information content (AvgIpc) is 2.98. The van der Waals surface area contributed by atoms with Gasteiger partial charge in [0, 0.05) is 13.2 Å². The molecule has 1 N–H and O–H groups in total. The molecule has 0 heterocycles. The highest BCUT2D eigenvalue weighted by Gasteiger charge is 2.39. The van der Waals surface area contributed by atoms with Gasteiger partial charge in [0.05, 0.1) is 6.10 Å². The number of fused-ring (bicyclic) bond motifs is 2. The molecular weight excluding hydrogens is 210 g/mol. The van der Waals surface area contributed by atoms with Crippen LogP contribution >= 0.6 is 0 Å². The van der Waals surface area contributed by atoms with E-state index in [9.17, 15) is 0 Å². The largest absolute Gasteiger partial charge is 0.380 e. The molecule has 0 aromatic rings. The molecule has 3 aliphatic carbocycles. The van der Waals surface area contributed by atoms with Crippen LogP contribution in [-0.2, 0) is 4.74 Å². The lowest BCUT2D eigenvalue weighted by atomic mass is 9.87. The Hall–Kier alpha value is -0.0800. The Morgan fingerprint density at radius 2 is 1.94 bits per heavy atom. The van der Waals surface area contributed by atoms with Gasteiger partial charge in [-0.05, 0) is 56.4 Å². The van der Waals surface area contributed by atoms with Gasteiger partial charge in [-0.15, -0.1) is 0 Å². The minimum Gasteiger partial charge on any atom is -0.380 e. The van der Waals surface area contributed by atoms with Crippen molar-refractivity contribution in [1.82, 2.24) is 5.32 Å². The summed E-state index contributed by atoms with van der Waals surface area (Å²) in [5.74, 6) is 3.11. The van der Waals surface area contributed by atoms with Gasteiger partial charge in [0.1, 0.15) is 0 Å². The fourth-order valence-electron chi connectivity index (χ4n) is 4.54. The molecule has 0 amide bonds. The van der Waals surface area contributed by atoms with E-state index in [1.54, 1.807) is 0 Å². The molecule has 0 radical (unpaired) electrons. The minimum absolute atomic E-state index is 0.474. The van der Waals surface area contributed by atoms with E-state index < -0.39 is 0 Å². The summed E-state index contributed by atoms with van der Waals surface area (Å²) < 4.78 is 5.62. The van der Waals surface area contributed by atoms with E-state index in [0.29, 0.717) is 12.1 Å². The van der Waals surface area contributed by atoms with Crippen molar-refractivity contribution >= 4 is 0 Å². The van der Waals surface area contributed by atoms with Gasteiger partial charge < -0.3 is 10.1 Å². The standard InChI is InChI=1S/C15H27NO/c1-17-15-5-3-2-4-14(15)16-10-13-9-11-6-7-12(13)8-11/h11-16H,2-10H2,1H3. The van der Waals surface area contributed by atoms with E-state index in [1.165, 1.54) is 57.9 Å². The van der Waals surface area contributed by atoms with Crippen molar-refractivity contribution in [1.29, 1.82) is 0 Å². The van der Waals surface area contributed by atoms with Crippen LogP contribution in [-0.4, -0.2) is 25.8 Å². The second kappa shape index (κ2) is 5.27. The van der Waals surface area contributed by atoms with Crippen LogP contribution in [0.4, 0.5) is 0 Å². The van der Waals surface area contributed by atoms with Crippen molar-refractivity contribution < 1.29 is 4.74 Å². The maximum atomic E-state index is 5.62. The summed E-state index contributed by atoms with van der Waals surface area (Å²) in [7, 11) is 1.88. The second-order valence-corrected chi connectivity index (χ2v) is 6.51. The molecule has 2 bridgehead atoms. The zero-order chi connectivity index (χ0) is 11.7. The molecule has 0 aromatic carbocycles. The number of hydrogen-bond donors (Lipinski definition) is 1. The second-order valence-electron chi connectivity index (χ2n) is 6.51. The van der Waals surface area contributed by atoms with Gasteiger partial charge in [-0.1, -0.05) is 19.3 Å². The predicted octanol–water partition coefficient (Wildman–Crippen LogP) is 2.97. The Morgan fingerprint density at radius 1 is 1.06 bits per heavy atom. The van der Waals surface area contributed by atoms with E-state index in [-0.39, 0.29) is 0 Å². The maximum absolute atomic E-state index is 5.62. The third-order valence-corrected chi connectivity index (χ3v) is 5.53. The fourth-order valence-corrected chi connectivity index (χ4v) is 4.54. The Bertz CT molecular complexity index is 255. The van der Waals surface area contributed by atoms with Crippen molar-refractivity contribution in [3.05, 3.63) is 0 Å². The fraction of sp³-hybridized carbons (Fsp3) is 1.00. The summed E-state index contributed by atoms with van der Waals surface area (Å²) in [4.78, 5) is 0. The smallest absolute Gasteiger partial charge is 0.0724 e. The van der Waals surface area contributed by atoms with Gasteiger partial charge in [0.25, 0.3) is 0 Å². The Balaban J connectivity index is 1.46. The average molecular weight is 237 g/mol. The van der Waals surface area contributed by atoms with Crippen molar-refractivity contribution in [3.8, 4) is 0 Å². The molecular formula is C15H27NO. The van der Waals surface area contributed by atoms with Crippen molar-refractivity contribution in [3.63, 3.8) is 0 Å². The number of rotatable bonds is 4. The van der Waals surface area contributed by atoms with Crippen LogP contribution in [0, 0.1) is 17.8 Å². The molecule has 3 fully saturated rings. The van der Waals surface area contributed by atoms with E-state index in [2.05, 4.69) is 5.32 Å². The van der Waals surface area contributed by atoms with Gasteiger partial charge in [0.2, 0.25) is 0 Å². The zero-order valence-electron chi connectivity index (χ0n) is 11.2. The van der Waals surface area contributed by atoms with Crippen molar-refractivity contribution in [2.45, 2.75) is 63.5 Å². The normalized spacial score (nSPS) is 45.4. The Kier molecular flexibility index (Phi) is 3.72. The molecule has 0 aromatic heterocycles. The molecule has 3 aliphatic rings. The Morgan fingerprint density at radius 3 is 2.65 bits per heavy atom. The molecule has 2 heteroatoms. The molecule has 3 rings (SSSR count). The van der Waals surface area contributed by atoms with Crippen molar-refractivity contribution in [2.75, 3.05) is 13.7 Å². The van der Waals surface area contributed by atoms with Gasteiger partial charge in [0.15, 0.2) is 0 Å². The van der Waals surface area contributed by atoms with Crippen LogP contribution in [0.5, 0.6) is 0 Å². The highest BCUT2D eigenvalue weighted by atomic mass is 16.5. The number of nitrogens with one attached hydrogen (secondary N) is 1. The highest BCUT2D eigenvalue weighted by molar-refractivity contribution is 4.92. The number of methoxy groups -OCH3 is 1. The highest BCUT2D eigenvalue weighted by Crippen LogP contribution is 2.48. The molecule has 3 saturated carbocycles. The lowest BCUT2D eigenvalue weighted by Crippen LogP contribution is -2.45. The van der Waals surface area contributed by atoms with Crippen LogP contribution in [0.1, 0.15) is 51.4 Å². The topological polar surface area (TPSA) is 21.3 Å². The molecule has 0 aliphatic heterocycles. The maximum Gasteiger partial charge on any atom is 0.0724 e. The van der Waals surface area contributed by atoms with Gasteiger partial charge >= 0.3 is 0 Å². The molecule has 0 spiro atoms. The number of hydrogen-bond acceptors (Lipinski definition) is 2. The summed E-state index contributed by atoms with van der Waals surface area (Å²) >= 11 is 0. The summed E-state index contributed by atoms with van der Waals surface area (Å²) in [6.45, 7) is 1.26. The first-order valence-corrected chi connectivity index (χ1v) is 7.63. The van der Waals surface area contributed by atoms with E-state index >= 15 is 0 Å². The van der Waals surface area contributed by atoms with Crippen LogP contribution < -0.4 is 5.32 Å². The van der Waals surface area contributed by atoms with Crippen LogP contribution in [0.15, 0.2) is 0 Å². The first-order valence-electron chi connectivity index (χ1n) is 7.63.